The Morgan fingerprint density at radius 2 is 1.42 bits per heavy atom. The van der Waals surface area contributed by atoms with Crippen LogP contribution in [0.4, 0.5) is 4.39 Å². The molecule has 0 bridgehead atoms. The first kappa shape index (κ1) is 18.0. The van der Waals surface area contributed by atoms with Gasteiger partial charge in [-0.3, -0.25) is 0 Å². The molecule has 0 atom stereocenters. The van der Waals surface area contributed by atoms with E-state index in [-0.39, 0.29) is 5.82 Å². The minimum Gasteiger partial charge on any atom is -0.207 e. The molecule has 134 valence electrons. The number of hydrogen-bond donors (Lipinski definition) is 0. The molecule has 0 heterocycles. The Bertz CT molecular complexity index is 479. The zero-order valence-electron chi connectivity index (χ0n) is 15.5. The first-order valence-corrected chi connectivity index (χ1v) is 10.5. The van der Waals surface area contributed by atoms with Crippen molar-refractivity contribution in [1.82, 2.24) is 0 Å². The highest BCUT2D eigenvalue weighted by Crippen LogP contribution is 2.39. The minimum absolute atomic E-state index is 0.0765. The SMILES string of the molecule is CCC1CCC(CCCC2CCC(c3cccc(F)c3)CC2)CC1. The second-order valence-electron chi connectivity index (χ2n) is 8.50. The summed E-state index contributed by atoms with van der Waals surface area (Å²) in [5.74, 6) is 3.51. The van der Waals surface area contributed by atoms with Gasteiger partial charge in [0.2, 0.25) is 0 Å². The molecule has 24 heavy (non-hydrogen) atoms. The molecule has 0 spiro atoms. The van der Waals surface area contributed by atoms with Crippen molar-refractivity contribution < 1.29 is 4.39 Å². The van der Waals surface area contributed by atoms with Crippen LogP contribution in [0.5, 0.6) is 0 Å². The lowest BCUT2D eigenvalue weighted by Gasteiger charge is -2.30. The smallest absolute Gasteiger partial charge is 0.123 e. The highest BCUT2D eigenvalue weighted by atomic mass is 19.1. The quantitative estimate of drug-likeness (QED) is 0.507. The van der Waals surface area contributed by atoms with Gasteiger partial charge >= 0.3 is 0 Å². The predicted molar refractivity (Wildman–Crippen MR) is 101 cm³/mol. The van der Waals surface area contributed by atoms with Gasteiger partial charge < -0.3 is 0 Å². The Morgan fingerprint density at radius 3 is 2.00 bits per heavy atom. The fourth-order valence-electron chi connectivity index (χ4n) is 5.17. The van der Waals surface area contributed by atoms with Crippen LogP contribution in [0.3, 0.4) is 0 Å². The first-order valence-electron chi connectivity index (χ1n) is 10.5. The monoisotopic (exact) mass is 330 g/mol. The molecule has 2 aliphatic carbocycles. The van der Waals surface area contributed by atoms with Gasteiger partial charge in [0.05, 0.1) is 0 Å². The molecule has 2 aliphatic rings. The normalized spacial score (nSPS) is 31.1. The number of halogens is 1. The topological polar surface area (TPSA) is 0 Å². The Hall–Kier alpha value is -0.850. The molecule has 0 unspecified atom stereocenters. The zero-order valence-corrected chi connectivity index (χ0v) is 15.5. The molecule has 3 rings (SSSR count). The highest BCUT2D eigenvalue weighted by molar-refractivity contribution is 5.21. The van der Waals surface area contributed by atoms with Crippen LogP contribution < -0.4 is 0 Å². The zero-order chi connectivity index (χ0) is 16.8. The van der Waals surface area contributed by atoms with E-state index in [1.807, 2.05) is 6.07 Å². The third-order valence-electron chi connectivity index (χ3n) is 6.94. The maximum atomic E-state index is 13.4. The van der Waals surface area contributed by atoms with Crippen LogP contribution in [0.15, 0.2) is 24.3 Å². The van der Waals surface area contributed by atoms with Gasteiger partial charge in [-0.2, -0.15) is 0 Å². The van der Waals surface area contributed by atoms with Crippen molar-refractivity contribution in [1.29, 1.82) is 0 Å². The number of hydrogen-bond acceptors (Lipinski definition) is 0. The maximum Gasteiger partial charge on any atom is 0.123 e. The molecule has 0 N–H and O–H groups in total. The second kappa shape index (κ2) is 9.02. The molecule has 2 fully saturated rings. The van der Waals surface area contributed by atoms with Crippen molar-refractivity contribution in [3.8, 4) is 0 Å². The summed E-state index contributed by atoms with van der Waals surface area (Å²) in [7, 11) is 0. The van der Waals surface area contributed by atoms with Crippen LogP contribution in [-0.4, -0.2) is 0 Å². The molecular formula is C23H35F. The summed E-state index contributed by atoms with van der Waals surface area (Å²) >= 11 is 0. The van der Waals surface area contributed by atoms with E-state index in [9.17, 15) is 4.39 Å². The average molecular weight is 331 g/mol. The van der Waals surface area contributed by atoms with Crippen LogP contribution in [0.25, 0.3) is 0 Å². The molecular weight excluding hydrogens is 295 g/mol. The summed E-state index contributed by atoms with van der Waals surface area (Å²) in [6, 6.07) is 7.28. The van der Waals surface area contributed by atoms with Gasteiger partial charge in [-0.1, -0.05) is 70.4 Å². The first-order chi connectivity index (χ1) is 11.7. The summed E-state index contributed by atoms with van der Waals surface area (Å²) in [6.07, 6.45) is 16.9. The van der Waals surface area contributed by atoms with Gasteiger partial charge in [-0.05, 0) is 67.1 Å². The van der Waals surface area contributed by atoms with Crippen molar-refractivity contribution in [2.75, 3.05) is 0 Å². The third kappa shape index (κ3) is 5.07. The van der Waals surface area contributed by atoms with E-state index < -0.39 is 0 Å². The standard InChI is InChI=1S/C23H35F/c1-2-18-9-11-19(12-10-18)5-3-6-20-13-15-21(16-14-20)22-7-4-8-23(24)17-22/h4,7-8,17-21H,2-3,5-6,9-16H2,1H3. The van der Waals surface area contributed by atoms with E-state index >= 15 is 0 Å². The Morgan fingerprint density at radius 1 is 0.833 bits per heavy atom. The molecule has 0 aromatic heterocycles. The number of benzene rings is 1. The van der Waals surface area contributed by atoms with Crippen molar-refractivity contribution in [2.24, 2.45) is 17.8 Å². The lowest BCUT2D eigenvalue weighted by molar-refractivity contribution is 0.241. The maximum absolute atomic E-state index is 13.4. The summed E-state index contributed by atoms with van der Waals surface area (Å²) in [5, 5.41) is 0. The third-order valence-corrected chi connectivity index (χ3v) is 6.94. The van der Waals surface area contributed by atoms with Gasteiger partial charge in [0.25, 0.3) is 0 Å². The van der Waals surface area contributed by atoms with Crippen molar-refractivity contribution in [3.63, 3.8) is 0 Å². The van der Waals surface area contributed by atoms with E-state index in [2.05, 4.69) is 13.0 Å². The number of rotatable bonds is 6. The van der Waals surface area contributed by atoms with E-state index in [4.69, 9.17) is 0 Å². The van der Waals surface area contributed by atoms with Gasteiger partial charge in [0.1, 0.15) is 5.82 Å². The van der Waals surface area contributed by atoms with Crippen LogP contribution in [0.2, 0.25) is 0 Å². The molecule has 0 nitrogen and oxygen atoms in total. The van der Waals surface area contributed by atoms with E-state index in [0.29, 0.717) is 5.92 Å². The summed E-state index contributed by atoms with van der Waals surface area (Å²) in [4.78, 5) is 0. The predicted octanol–water partition coefficient (Wildman–Crippen LogP) is 7.49. The molecule has 0 amide bonds. The molecule has 1 aromatic carbocycles. The van der Waals surface area contributed by atoms with Gasteiger partial charge in [-0.25, -0.2) is 4.39 Å². The van der Waals surface area contributed by atoms with Crippen LogP contribution in [-0.2, 0) is 0 Å². The fraction of sp³-hybridized carbons (Fsp3) is 0.739. The van der Waals surface area contributed by atoms with Gasteiger partial charge in [0.15, 0.2) is 0 Å². The van der Waals surface area contributed by atoms with Crippen LogP contribution >= 0.6 is 0 Å². The molecule has 0 radical (unpaired) electrons. The highest BCUT2D eigenvalue weighted by Gasteiger charge is 2.23. The largest absolute Gasteiger partial charge is 0.207 e. The molecule has 1 aromatic rings. The van der Waals surface area contributed by atoms with E-state index in [1.165, 1.54) is 82.6 Å². The lowest BCUT2D eigenvalue weighted by atomic mass is 9.75. The van der Waals surface area contributed by atoms with Crippen LogP contribution in [0, 0.1) is 23.6 Å². The second-order valence-corrected chi connectivity index (χ2v) is 8.50. The Kier molecular flexibility index (Phi) is 6.75. The molecule has 2 saturated carbocycles. The summed E-state index contributed by atoms with van der Waals surface area (Å²) in [5.41, 5.74) is 1.22. The van der Waals surface area contributed by atoms with Crippen molar-refractivity contribution in [3.05, 3.63) is 35.6 Å². The molecule has 0 aliphatic heterocycles. The fourth-order valence-corrected chi connectivity index (χ4v) is 5.17. The Balaban J connectivity index is 1.33. The van der Waals surface area contributed by atoms with Crippen molar-refractivity contribution in [2.45, 2.75) is 89.9 Å². The minimum atomic E-state index is -0.0765. The lowest BCUT2D eigenvalue weighted by Crippen LogP contribution is -2.16. The summed E-state index contributed by atoms with van der Waals surface area (Å²) in [6.45, 7) is 2.35. The van der Waals surface area contributed by atoms with E-state index in [0.717, 1.165) is 17.8 Å². The average Bonchev–Trinajstić information content (AvgIpc) is 2.63. The van der Waals surface area contributed by atoms with E-state index in [1.54, 1.807) is 12.1 Å². The molecule has 0 saturated heterocycles. The Labute approximate surface area is 148 Å². The van der Waals surface area contributed by atoms with Crippen LogP contribution in [0.1, 0.15) is 95.5 Å². The van der Waals surface area contributed by atoms with Crippen molar-refractivity contribution >= 4 is 0 Å². The summed E-state index contributed by atoms with van der Waals surface area (Å²) < 4.78 is 13.4. The molecule has 1 heteroatoms. The van der Waals surface area contributed by atoms with Gasteiger partial charge in [0, 0.05) is 0 Å². The van der Waals surface area contributed by atoms with Gasteiger partial charge in [-0.15, -0.1) is 0 Å².